The van der Waals surface area contributed by atoms with E-state index in [9.17, 15) is 9.59 Å². The first-order chi connectivity index (χ1) is 13.6. The van der Waals surface area contributed by atoms with Crippen molar-refractivity contribution in [2.24, 2.45) is 0 Å². The second-order valence-corrected chi connectivity index (χ2v) is 7.03. The number of benzene rings is 3. The summed E-state index contributed by atoms with van der Waals surface area (Å²) in [7, 11) is 0. The molecule has 1 amide bonds. The van der Waals surface area contributed by atoms with Gasteiger partial charge in [-0.25, -0.2) is 4.98 Å². The van der Waals surface area contributed by atoms with Crippen LogP contribution in [-0.4, -0.2) is 16.9 Å². The molecule has 1 aromatic heterocycles. The van der Waals surface area contributed by atoms with E-state index in [1.807, 2.05) is 23.6 Å². The largest absolute Gasteiger partial charge is 0.427 e. The number of carbonyl (C=O) groups excluding carboxylic acids is 2. The first kappa shape index (κ1) is 17.9. The lowest BCUT2D eigenvalue weighted by atomic mass is 10.1. The Morgan fingerprint density at radius 3 is 2.61 bits per heavy atom. The van der Waals surface area contributed by atoms with Crippen LogP contribution in [0.25, 0.3) is 22.0 Å². The zero-order valence-corrected chi connectivity index (χ0v) is 15.8. The quantitative estimate of drug-likeness (QED) is 0.388. The number of aromatic nitrogens is 1. The fraction of sp³-hybridized carbons (Fsp3) is 0.0455. The second-order valence-electron chi connectivity index (χ2n) is 6.18. The summed E-state index contributed by atoms with van der Waals surface area (Å²) in [6, 6.07) is 20.8. The van der Waals surface area contributed by atoms with Crippen LogP contribution in [0.15, 0.2) is 72.1 Å². The topological polar surface area (TPSA) is 68.3 Å². The Labute approximate surface area is 165 Å². The number of hydrogen-bond acceptors (Lipinski definition) is 5. The fourth-order valence-corrected chi connectivity index (χ4v) is 3.56. The minimum atomic E-state index is -0.433. The molecule has 0 saturated heterocycles. The molecule has 28 heavy (non-hydrogen) atoms. The Hall–Kier alpha value is -3.51. The molecule has 0 aliphatic heterocycles. The van der Waals surface area contributed by atoms with E-state index in [4.69, 9.17) is 4.74 Å². The van der Waals surface area contributed by atoms with E-state index in [1.165, 1.54) is 29.7 Å². The van der Waals surface area contributed by atoms with Gasteiger partial charge < -0.3 is 4.74 Å². The summed E-state index contributed by atoms with van der Waals surface area (Å²) in [5.41, 5.74) is 2.19. The molecule has 0 unspecified atom stereocenters. The standard InChI is InChI=1S/C22H16N2O3S/c1-14(25)27-19-8-4-7-18(12-19)21(26)24-22-23-20(13-28-22)17-10-9-15-5-2-3-6-16(15)11-17/h2-13H,1H3,(H,23,24,26). The predicted molar refractivity (Wildman–Crippen MR) is 111 cm³/mol. The summed E-state index contributed by atoms with van der Waals surface area (Å²) in [6.45, 7) is 1.32. The van der Waals surface area contributed by atoms with Crippen LogP contribution in [0.1, 0.15) is 17.3 Å². The summed E-state index contributed by atoms with van der Waals surface area (Å²) in [5, 5.41) is 7.52. The smallest absolute Gasteiger partial charge is 0.308 e. The maximum Gasteiger partial charge on any atom is 0.308 e. The number of nitrogens with one attached hydrogen (secondary N) is 1. The number of anilines is 1. The lowest BCUT2D eigenvalue weighted by Gasteiger charge is -2.05. The van der Waals surface area contributed by atoms with Crippen LogP contribution in [-0.2, 0) is 4.79 Å². The van der Waals surface area contributed by atoms with Crippen molar-refractivity contribution in [2.45, 2.75) is 6.92 Å². The molecule has 0 saturated carbocycles. The molecular weight excluding hydrogens is 372 g/mol. The van der Waals surface area contributed by atoms with Crippen LogP contribution in [0.5, 0.6) is 5.75 Å². The van der Waals surface area contributed by atoms with E-state index < -0.39 is 5.97 Å². The Bertz CT molecular complexity index is 1180. The average Bonchev–Trinajstić information content (AvgIpc) is 3.16. The first-order valence-corrected chi connectivity index (χ1v) is 9.51. The van der Waals surface area contributed by atoms with Gasteiger partial charge in [-0.05, 0) is 35.0 Å². The number of amides is 1. The zero-order valence-electron chi connectivity index (χ0n) is 15.0. The molecule has 0 atom stereocenters. The molecule has 0 aliphatic rings. The number of esters is 1. The van der Waals surface area contributed by atoms with Crippen LogP contribution >= 0.6 is 11.3 Å². The normalized spacial score (nSPS) is 10.6. The molecular formula is C22H16N2O3S. The summed E-state index contributed by atoms with van der Waals surface area (Å²) in [4.78, 5) is 28.1. The van der Waals surface area contributed by atoms with Gasteiger partial charge in [0.05, 0.1) is 5.69 Å². The van der Waals surface area contributed by atoms with Gasteiger partial charge in [-0.1, -0.05) is 42.5 Å². The summed E-state index contributed by atoms with van der Waals surface area (Å²) in [6.07, 6.45) is 0. The highest BCUT2D eigenvalue weighted by atomic mass is 32.1. The van der Waals surface area contributed by atoms with Gasteiger partial charge >= 0.3 is 5.97 Å². The number of rotatable bonds is 4. The number of carbonyl (C=O) groups is 2. The minimum absolute atomic E-state index is 0.312. The number of hydrogen-bond donors (Lipinski definition) is 1. The van der Waals surface area contributed by atoms with Gasteiger partial charge in [0.15, 0.2) is 5.13 Å². The summed E-state index contributed by atoms with van der Waals surface area (Å²) >= 11 is 1.36. The summed E-state index contributed by atoms with van der Waals surface area (Å²) < 4.78 is 5.02. The molecule has 0 aliphatic carbocycles. The molecule has 0 fully saturated rings. The van der Waals surface area contributed by atoms with Gasteiger partial charge in [0.25, 0.3) is 5.91 Å². The van der Waals surface area contributed by atoms with E-state index in [-0.39, 0.29) is 5.91 Å². The molecule has 0 radical (unpaired) electrons. The molecule has 5 nitrogen and oxygen atoms in total. The molecule has 0 bridgehead atoms. The van der Waals surface area contributed by atoms with Gasteiger partial charge in [-0.2, -0.15) is 0 Å². The van der Waals surface area contributed by atoms with E-state index in [0.29, 0.717) is 16.4 Å². The Balaban J connectivity index is 1.52. The molecule has 0 spiro atoms. The average molecular weight is 388 g/mol. The number of ether oxygens (including phenoxy) is 1. The van der Waals surface area contributed by atoms with Crippen LogP contribution < -0.4 is 10.1 Å². The minimum Gasteiger partial charge on any atom is -0.427 e. The van der Waals surface area contributed by atoms with Crippen molar-refractivity contribution in [1.82, 2.24) is 4.98 Å². The second kappa shape index (κ2) is 7.62. The lowest BCUT2D eigenvalue weighted by Crippen LogP contribution is -2.12. The predicted octanol–water partition coefficient (Wildman–Crippen LogP) is 5.14. The highest BCUT2D eigenvalue weighted by Crippen LogP contribution is 2.28. The monoisotopic (exact) mass is 388 g/mol. The molecule has 3 aromatic carbocycles. The van der Waals surface area contributed by atoms with E-state index >= 15 is 0 Å². The van der Waals surface area contributed by atoms with Gasteiger partial charge in [0, 0.05) is 23.4 Å². The Kier molecular flexibility index (Phi) is 4.87. The molecule has 138 valence electrons. The number of nitrogens with zero attached hydrogens (tertiary/aromatic N) is 1. The third-order valence-corrected chi connectivity index (χ3v) is 4.89. The molecule has 4 rings (SSSR count). The molecule has 1 N–H and O–H groups in total. The maximum absolute atomic E-state index is 12.5. The van der Waals surface area contributed by atoms with Gasteiger partial charge in [0.2, 0.25) is 0 Å². The highest BCUT2D eigenvalue weighted by molar-refractivity contribution is 7.14. The van der Waals surface area contributed by atoms with Gasteiger partial charge in [-0.3, -0.25) is 14.9 Å². The molecule has 6 heteroatoms. The van der Waals surface area contributed by atoms with Crippen LogP contribution in [0.3, 0.4) is 0 Å². The first-order valence-electron chi connectivity index (χ1n) is 8.63. The molecule has 1 heterocycles. The third-order valence-electron chi connectivity index (χ3n) is 4.13. The van der Waals surface area contributed by atoms with Crippen molar-refractivity contribution in [3.63, 3.8) is 0 Å². The van der Waals surface area contributed by atoms with E-state index in [1.54, 1.807) is 18.2 Å². The van der Waals surface area contributed by atoms with Crippen molar-refractivity contribution in [3.8, 4) is 17.0 Å². The van der Waals surface area contributed by atoms with Crippen LogP contribution in [0, 0.1) is 0 Å². The van der Waals surface area contributed by atoms with Crippen LogP contribution in [0.4, 0.5) is 5.13 Å². The number of thiazole rings is 1. The SMILES string of the molecule is CC(=O)Oc1cccc(C(=O)Nc2nc(-c3ccc4ccccc4c3)cs2)c1. The fourth-order valence-electron chi connectivity index (χ4n) is 2.85. The Morgan fingerprint density at radius 1 is 0.964 bits per heavy atom. The van der Waals surface area contributed by atoms with Crippen molar-refractivity contribution >= 4 is 39.1 Å². The van der Waals surface area contributed by atoms with Crippen molar-refractivity contribution in [2.75, 3.05) is 5.32 Å². The van der Waals surface area contributed by atoms with Crippen molar-refractivity contribution in [1.29, 1.82) is 0 Å². The zero-order chi connectivity index (χ0) is 19.5. The maximum atomic E-state index is 12.5. The van der Waals surface area contributed by atoms with Crippen molar-refractivity contribution < 1.29 is 14.3 Å². The summed E-state index contributed by atoms with van der Waals surface area (Å²) in [5.74, 6) is -0.415. The lowest BCUT2D eigenvalue weighted by molar-refractivity contribution is -0.131. The third kappa shape index (κ3) is 3.92. The Morgan fingerprint density at radius 2 is 1.79 bits per heavy atom. The number of fused-ring (bicyclic) bond motifs is 1. The van der Waals surface area contributed by atoms with E-state index in [0.717, 1.165) is 16.6 Å². The van der Waals surface area contributed by atoms with Crippen molar-refractivity contribution in [3.05, 3.63) is 77.7 Å². The highest BCUT2D eigenvalue weighted by Gasteiger charge is 2.12. The van der Waals surface area contributed by atoms with E-state index in [2.05, 4.69) is 34.6 Å². The van der Waals surface area contributed by atoms with Gasteiger partial charge in [-0.15, -0.1) is 11.3 Å². The van der Waals surface area contributed by atoms with Gasteiger partial charge in [0.1, 0.15) is 5.75 Å². The van der Waals surface area contributed by atoms with Crippen LogP contribution in [0.2, 0.25) is 0 Å². The molecule has 4 aromatic rings.